The molecule has 0 radical (unpaired) electrons. The predicted octanol–water partition coefficient (Wildman–Crippen LogP) is 3.70. The molecule has 1 aliphatic rings. The van der Waals surface area contributed by atoms with Gasteiger partial charge in [0, 0.05) is 50.2 Å². The van der Waals surface area contributed by atoms with Crippen LogP contribution in [0.25, 0.3) is 0 Å². The molecule has 0 aliphatic carbocycles. The van der Waals surface area contributed by atoms with E-state index in [0.717, 1.165) is 11.4 Å². The van der Waals surface area contributed by atoms with Crippen LogP contribution in [0, 0.1) is 10.1 Å². The van der Waals surface area contributed by atoms with Crippen molar-refractivity contribution < 1.29 is 14.5 Å². The Hall–Kier alpha value is -4.14. The third-order valence-electron chi connectivity index (χ3n) is 5.39. The first-order chi connectivity index (χ1) is 15.6. The number of rotatable bonds is 6. The van der Waals surface area contributed by atoms with Crippen LogP contribution in [0.3, 0.4) is 0 Å². The number of non-ortho nitro benzene ring substituents is 1. The van der Waals surface area contributed by atoms with Gasteiger partial charge in [0.2, 0.25) is 0 Å². The summed E-state index contributed by atoms with van der Waals surface area (Å²) < 4.78 is 5.38. The van der Waals surface area contributed by atoms with Gasteiger partial charge in [0.15, 0.2) is 0 Å². The van der Waals surface area contributed by atoms with E-state index in [-0.39, 0.29) is 11.6 Å². The lowest BCUT2D eigenvalue weighted by Crippen LogP contribution is -2.48. The molecule has 1 aliphatic heterocycles. The van der Waals surface area contributed by atoms with E-state index in [1.807, 2.05) is 24.3 Å². The van der Waals surface area contributed by atoms with Gasteiger partial charge in [-0.1, -0.05) is 12.1 Å². The molecule has 32 heavy (non-hydrogen) atoms. The van der Waals surface area contributed by atoms with Crippen molar-refractivity contribution in [3.8, 4) is 5.75 Å². The van der Waals surface area contributed by atoms with Gasteiger partial charge < -0.3 is 19.9 Å². The first-order valence-corrected chi connectivity index (χ1v) is 10.2. The summed E-state index contributed by atoms with van der Waals surface area (Å²) in [5.74, 6) is 1.03. The molecule has 1 fully saturated rings. The molecule has 1 saturated heterocycles. The number of ether oxygens (including phenoxy) is 1. The Morgan fingerprint density at radius 1 is 1.03 bits per heavy atom. The Morgan fingerprint density at radius 3 is 2.44 bits per heavy atom. The number of benzene rings is 2. The number of amides is 1. The number of hydrogen-bond donors (Lipinski definition) is 1. The number of carbonyl (C=O) groups excluding carboxylic acids is 1. The lowest BCUT2D eigenvalue weighted by Gasteiger charge is -2.36. The fraction of sp³-hybridized carbons (Fsp3) is 0.217. The highest BCUT2D eigenvalue weighted by Gasteiger charge is 2.25. The molecular formula is C23H23N5O4. The highest BCUT2D eigenvalue weighted by Crippen LogP contribution is 2.28. The van der Waals surface area contributed by atoms with E-state index in [1.54, 1.807) is 42.5 Å². The van der Waals surface area contributed by atoms with Gasteiger partial charge in [-0.25, -0.2) is 4.98 Å². The van der Waals surface area contributed by atoms with Crippen LogP contribution in [-0.4, -0.2) is 54.0 Å². The normalized spacial score (nSPS) is 13.5. The summed E-state index contributed by atoms with van der Waals surface area (Å²) in [5, 5.41) is 14.1. The standard InChI is InChI=1S/C23H23N5O4/c1-32-21-7-3-2-6-20(21)25-22-19(5-4-12-24-22)23(29)27-15-13-26(14-16-27)17-8-10-18(11-9-17)28(30)31/h2-12H,13-16H2,1H3,(H,24,25). The summed E-state index contributed by atoms with van der Waals surface area (Å²) in [4.78, 5) is 32.0. The number of nitrogens with zero attached hydrogens (tertiary/aromatic N) is 4. The van der Waals surface area contributed by atoms with Crippen molar-refractivity contribution in [1.29, 1.82) is 0 Å². The first-order valence-electron chi connectivity index (χ1n) is 10.2. The molecule has 3 aromatic rings. The molecule has 9 nitrogen and oxygen atoms in total. The van der Waals surface area contributed by atoms with Crippen LogP contribution in [0.15, 0.2) is 66.9 Å². The van der Waals surface area contributed by atoms with Crippen LogP contribution in [0.1, 0.15) is 10.4 Å². The number of piperazine rings is 1. The van der Waals surface area contributed by atoms with Gasteiger partial charge in [0.05, 0.1) is 23.3 Å². The van der Waals surface area contributed by atoms with Crippen LogP contribution in [0.4, 0.5) is 22.9 Å². The van der Waals surface area contributed by atoms with Gasteiger partial charge in [-0.15, -0.1) is 0 Å². The number of hydrogen-bond acceptors (Lipinski definition) is 7. The molecule has 4 rings (SSSR count). The number of methoxy groups -OCH3 is 1. The third kappa shape index (κ3) is 4.46. The van der Waals surface area contributed by atoms with Crippen molar-refractivity contribution in [3.63, 3.8) is 0 Å². The van der Waals surface area contributed by atoms with Gasteiger partial charge in [-0.05, 0) is 36.4 Å². The molecule has 2 heterocycles. The molecule has 0 atom stereocenters. The number of pyridine rings is 1. The number of nitro groups is 1. The van der Waals surface area contributed by atoms with Gasteiger partial charge >= 0.3 is 0 Å². The number of para-hydroxylation sites is 2. The second-order valence-corrected chi connectivity index (χ2v) is 7.28. The van der Waals surface area contributed by atoms with Crippen molar-refractivity contribution >= 4 is 28.8 Å². The minimum absolute atomic E-state index is 0.0641. The number of aromatic nitrogens is 1. The fourth-order valence-electron chi connectivity index (χ4n) is 3.68. The Balaban J connectivity index is 1.45. The lowest BCUT2D eigenvalue weighted by molar-refractivity contribution is -0.384. The Labute approximate surface area is 185 Å². The highest BCUT2D eigenvalue weighted by atomic mass is 16.6. The third-order valence-corrected chi connectivity index (χ3v) is 5.39. The number of nitro benzene ring substituents is 1. The van der Waals surface area contributed by atoms with Crippen molar-refractivity contribution in [2.24, 2.45) is 0 Å². The largest absolute Gasteiger partial charge is 0.495 e. The number of nitrogens with one attached hydrogen (secondary N) is 1. The maximum Gasteiger partial charge on any atom is 0.269 e. The van der Waals surface area contributed by atoms with E-state index in [4.69, 9.17) is 4.74 Å². The zero-order valence-electron chi connectivity index (χ0n) is 17.6. The molecule has 0 unspecified atom stereocenters. The van der Waals surface area contributed by atoms with E-state index >= 15 is 0 Å². The van der Waals surface area contributed by atoms with Crippen LogP contribution in [0.5, 0.6) is 5.75 Å². The van der Waals surface area contributed by atoms with E-state index in [1.165, 1.54) is 12.1 Å². The summed E-state index contributed by atoms with van der Waals surface area (Å²) >= 11 is 0. The predicted molar refractivity (Wildman–Crippen MR) is 122 cm³/mol. The summed E-state index contributed by atoms with van der Waals surface area (Å²) in [6, 6.07) is 17.4. The fourth-order valence-corrected chi connectivity index (χ4v) is 3.68. The molecule has 164 valence electrons. The Morgan fingerprint density at radius 2 is 1.75 bits per heavy atom. The van der Waals surface area contributed by atoms with Gasteiger partial charge in [0.1, 0.15) is 11.6 Å². The summed E-state index contributed by atoms with van der Waals surface area (Å²) in [7, 11) is 1.59. The van der Waals surface area contributed by atoms with Gasteiger partial charge in [0.25, 0.3) is 11.6 Å². The topological polar surface area (TPSA) is 101 Å². The van der Waals surface area contributed by atoms with Gasteiger partial charge in [-0.2, -0.15) is 0 Å². The van der Waals surface area contributed by atoms with E-state index in [0.29, 0.717) is 43.3 Å². The molecule has 9 heteroatoms. The number of carbonyl (C=O) groups is 1. The van der Waals surface area contributed by atoms with Crippen LogP contribution < -0.4 is 15.0 Å². The second-order valence-electron chi connectivity index (χ2n) is 7.28. The molecule has 1 N–H and O–H groups in total. The Bertz CT molecular complexity index is 1110. The molecule has 1 aromatic heterocycles. The first kappa shape index (κ1) is 21.1. The average Bonchev–Trinajstić information content (AvgIpc) is 2.84. The van der Waals surface area contributed by atoms with Crippen molar-refractivity contribution in [2.75, 3.05) is 43.5 Å². The van der Waals surface area contributed by atoms with Crippen LogP contribution >= 0.6 is 0 Å². The molecular weight excluding hydrogens is 410 g/mol. The van der Waals surface area contributed by atoms with E-state index in [2.05, 4.69) is 15.2 Å². The average molecular weight is 433 g/mol. The van der Waals surface area contributed by atoms with Crippen LogP contribution in [-0.2, 0) is 0 Å². The summed E-state index contributed by atoms with van der Waals surface area (Å²) in [5.41, 5.74) is 2.18. The smallest absolute Gasteiger partial charge is 0.269 e. The molecule has 0 saturated carbocycles. The lowest BCUT2D eigenvalue weighted by atomic mass is 10.1. The van der Waals surface area contributed by atoms with Crippen molar-refractivity contribution in [1.82, 2.24) is 9.88 Å². The maximum atomic E-state index is 13.2. The second kappa shape index (κ2) is 9.34. The Kier molecular flexibility index (Phi) is 6.16. The SMILES string of the molecule is COc1ccccc1Nc1ncccc1C(=O)N1CCN(c2ccc([N+](=O)[O-])cc2)CC1. The van der Waals surface area contributed by atoms with E-state index < -0.39 is 4.92 Å². The van der Waals surface area contributed by atoms with E-state index in [9.17, 15) is 14.9 Å². The zero-order valence-corrected chi connectivity index (χ0v) is 17.6. The minimum Gasteiger partial charge on any atom is -0.495 e. The van der Waals surface area contributed by atoms with Gasteiger partial charge in [-0.3, -0.25) is 14.9 Å². The van der Waals surface area contributed by atoms with Crippen LogP contribution in [0.2, 0.25) is 0 Å². The van der Waals surface area contributed by atoms with Crippen molar-refractivity contribution in [2.45, 2.75) is 0 Å². The maximum absolute atomic E-state index is 13.2. The molecule has 0 spiro atoms. The molecule has 0 bridgehead atoms. The minimum atomic E-state index is -0.412. The molecule has 2 aromatic carbocycles. The monoisotopic (exact) mass is 433 g/mol. The number of anilines is 3. The summed E-state index contributed by atoms with van der Waals surface area (Å²) in [6.07, 6.45) is 1.64. The van der Waals surface area contributed by atoms with Crippen molar-refractivity contribution in [3.05, 3.63) is 82.5 Å². The quantitative estimate of drug-likeness (QED) is 0.467. The zero-order chi connectivity index (χ0) is 22.5. The molecule has 1 amide bonds. The highest BCUT2D eigenvalue weighted by molar-refractivity contribution is 5.99. The summed E-state index contributed by atoms with van der Waals surface area (Å²) in [6.45, 7) is 2.36.